The van der Waals surface area contributed by atoms with Gasteiger partial charge in [-0.3, -0.25) is 4.79 Å². The maximum atomic E-state index is 14.2. The second kappa shape index (κ2) is 8.96. The summed E-state index contributed by atoms with van der Waals surface area (Å²) in [6.07, 6.45) is 0.914. The first-order valence-corrected chi connectivity index (χ1v) is 8.97. The van der Waals surface area contributed by atoms with Crippen molar-refractivity contribution in [1.82, 2.24) is 4.72 Å². The average molecular weight is 402 g/mol. The predicted octanol–water partition coefficient (Wildman–Crippen LogP) is 2.66. The van der Waals surface area contributed by atoms with E-state index in [9.17, 15) is 17.6 Å². The van der Waals surface area contributed by atoms with Crippen LogP contribution >= 0.6 is 24.0 Å². The van der Waals surface area contributed by atoms with E-state index in [1.807, 2.05) is 0 Å². The third-order valence-electron chi connectivity index (χ3n) is 3.72. The van der Waals surface area contributed by atoms with Crippen molar-refractivity contribution in [3.8, 4) is 0 Å². The highest BCUT2D eigenvalue weighted by Gasteiger charge is 2.32. The Bertz CT molecular complexity index is 686. The van der Waals surface area contributed by atoms with Gasteiger partial charge in [0.1, 0.15) is 10.7 Å². The number of carbonyl (C=O) groups excluding carboxylic acids is 1. The summed E-state index contributed by atoms with van der Waals surface area (Å²) >= 11 is 5.93. The van der Waals surface area contributed by atoms with Crippen molar-refractivity contribution >= 4 is 45.6 Å². The van der Waals surface area contributed by atoms with E-state index in [0.29, 0.717) is 12.8 Å². The molecule has 0 saturated heterocycles. The Morgan fingerprint density at radius 3 is 2.29 bits per heavy atom. The summed E-state index contributed by atoms with van der Waals surface area (Å²) in [4.78, 5) is 10.4. The minimum absolute atomic E-state index is 0. The van der Waals surface area contributed by atoms with Gasteiger partial charge < -0.3 is 11.1 Å². The van der Waals surface area contributed by atoms with Crippen LogP contribution in [-0.4, -0.2) is 26.4 Å². The summed E-state index contributed by atoms with van der Waals surface area (Å²) in [5.41, 5.74) is 4.82. The second-order valence-electron chi connectivity index (χ2n) is 5.24. The standard InChI is InChI=1S/C14H21ClFN3O3S.ClH/c1-4-14(5-2,8-17)19-23(21,22)13-6-10(15)12(7-11(13)16)18-9(3)20;/h6-7,19H,4-5,8,17H2,1-3H3,(H,18,20);1H. The summed E-state index contributed by atoms with van der Waals surface area (Å²) in [6, 6.07) is 1.84. The molecule has 0 fully saturated rings. The molecule has 0 aromatic heterocycles. The predicted molar refractivity (Wildman–Crippen MR) is 95.7 cm³/mol. The Labute approximate surface area is 152 Å². The quantitative estimate of drug-likeness (QED) is 0.653. The van der Waals surface area contributed by atoms with Crippen LogP contribution in [0, 0.1) is 5.82 Å². The number of carbonyl (C=O) groups is 1. The van der Waals surface area contributed by atoms with Crippen LogP contribution in [0.15, 0.2) is 17.0 Å². The third-order valence-corrected chi connectivity index (χ3v) is 5.62. The molecule has 0 spiro atoms. The van der Waals surface area contributed by atoms with Crippen LogP contribution in [0.1, 0.15) is 33.6 Å². The Morgan fingerprint density at radius 1 is 1.33 bits per heavy atom. The number of hydrogen-bond acceptors (Lipinski definition) is 4. The molecular weight excluding hydrogens is 380 g/mol. The van der Waals surface area contributed by atoms with Crippen LogP contribution in [0.5, 0.6) is 0 Å². The van der Waals surface area contributed by atoms with Crippen LogP contribution in [0.2, 0.25) is 5.02 Å². The minimum atomic E-state index is -4.15. The molecule has 6 nitrogen and oxygen atoms in total. The van der Waals surface area contributed by atoms with E-state index >= 15 is 0 Å². The highest BCUT2D eigenvalue weighted by atomic mass is 35.5. The Hall–Kier alpha value is -0.930. The molecular formula is C14H22Cl2FN3O3S. The zero-order chi connectivity index (χ0) is 17.8. The van der Waals surface area contributed by atoms with Crippen molar-refractivity contribution in [2.75, 3.05) is 11.9 Å². The van der Waals surface area contributed by atoms with Crippen LogP contribution in [-0.2, 0) is 14.8 Å². The average Bonchev–Trinajstić information content (AvgIpc) is 2.47. The number of anilines is 1. The molecule has 1 rings (SSSR count). The molecule has 0 bridgehead atoms. The molecule has 1 aromatic carbocycles. The van der Waals surface area contributed by atoms with E-state index in [1.165, 1.54) is 6.92 Å². The van der Waals surface area contributed by atoms with Gasteiger partial charge in [-0.1, -0.05) is 25.4 Å². The fourth-order valence-electron chi connectivity index (χ4n) is 2.08. The Balaban J connectivity index is 0.00000529. The van der Waals surface area contributed by atoms with Crippen LogP contribution in [0.3, 0.4) is 0 Å². The van der Waals surface area contributed by atoms with Gasteiger partial charge in [0, 0.05) is 25.1 Å². The van der Waals surface area contributed by atoms with Gasteiger partial charge in [-0.05, 0) is 18.9 Å². The molecule has 1 amide bonds. The number of benzene rings is 1. The van der Waals surface area contributed by atoms with Crippen LogP contribution in [0.4, 0.5) is 10.1 Å². The zero-order valence-electron chi connectivity index (χ0n) is 13.7. The second-order valence-corrected chi connectivity index (χ2v) is 7.30. The summed E-state index contributed by atoms with van der Waals surface area (Å²) in [6.45, 7) is 4.90. The highest BCUT2D eigenvalue weighted by molar-refractivity contribution is 7.89. The summed E-state index contributed by atoms with van der Waals surface area (Å²) in [5.74, 6) is -1.46. The fraction of sp³-hybridized carbons (Fsp3) is 0.500. The molecule has 24 heavy (non-hydrogen) atoms. The van der Waals surface area contributed by atoms with Crippen molar-refractivity contribution in [3.63, 3.8) is 0 Å². The van der Waals surface area contributed by atoms with E-state index in [1.54, 1.807) is 13.8 Å². The summed E-state index contributed by atoms with van der Waals surface area (Å²) in [5, 5.41) is 2.25. The lowest BCUT2D eigenvalue weighted by atomic mass is 9.95. The van der Waals surface area contributed by atoms with Gasteiger partial charge in [-0.2, -0.15) is 0 Å². The number of sulfonamides is 1. The topological polar surface area (TPSA) is 101 Å². The highest BCUT2D eigenvalue weighted by Crippen LogP contribution is 2.29. The van der Waals surface area contributed by atoms with Crippen molar-refractivity contribution in [2.24, 2.45) is 5.73 Å². The molecule has 0 saturated carbocycles. The van der Waals surface area contributed by atoms with Crippen molar-refractivity contribution in [2.45, 2.75) is 44.0 Å². The van der Waals surface area contributed by atoms with E-state index in [2.05, 4.69) is 10.0 Å². The monoisotopic (exact) mass is 401 g/mol. The first-order valence-electron chi connectivity index (χ1n) is 7.11. The van der Waals surface area contributed by atoms with Gasteiger partial charge in [0.2, 0.25) is 15.9 Å². The summed E-state index contributed by atoms with van der Waals surface area (Å²) in [7, 11) is -4.15. The lowest BCUT2D eigenvalue weighted by Crippen LogP contribution is -2.52. The Morgan fingerprint density at radius 2 is 1.88 bits per heavy atom. The minimum Gasteiger partial charge on any atom is -0.329 e. The fourth-order valence-corrected chi connectivity index (χ4v) is 4.00. The molecule has 0 unspecified atom stereocenters. The number of nitrogens with two attached hydrogens (primary N) is 1. The molecule has 1 aromatic rings. The van der Waals surface area contributed by atoms with Crippen molar-refractivity contribution in [3.05, 3.63) is 23.0 Å². The third kappa shape index (κ3) is 5.29. The van der Waals surface area contributed by atoms with E-state index in [4.69, 9.17) is 17.3 Å². The number of amides is 1. The Kier molecular flexibility index (Phi) is 8.61. The van der Waals surface area contributed by atoms with Crippen molar-refractivity contribution in [1.29, 1.82) is 0 Å². The van der Waals surface area contributed by atoms with Gasteiger partial charge in [0.05, 0.1) is 10.7 Å². The molecule has 10 heteroatoms. The maximum absolute atomic E-state index is 14.2. The number of hydrogen-bond donors (Lipinski definition) is 3. The van der Waals surface area contributed by atoms with Crippen LogP contribution in [0.25, 0.3) is 0 Å². The van der Waals surface area contributed by atoms with Gasteiger partial charge >= 0.3 is 0 Å². The number of halogens is 3. The molecule has 0 aliphatic heterocycles. The van der Waals surface area contributed by atoms with E-state index in [0.717, 1.165) is 12.1 Å². The van der Waals surface area contributed by atoms with E-state index in [-0.39, 0.29) is 29.7 Å². The van der Waals surface area contributed by atoms with Crippen molar-refractivity contribution < 1.29 is 17.6 Å². The zero-order valence-corrected chi connectivity index (χ0v) is 16.0. The number of rotatable bonds is 7. The first kappa shape index (κ1) is 23.1. The summed E-state index contributed by atoms with van der Waals surface area (Å²) < 4.78 is 41.6. The van der Waals surface area contributed by atoms with E-state index < -0.39 is 32.2 Å². The molecule has 0 heterocycles. The molecule has 0 radical (unpaired) electrons. The molecule has 138 valence electrons. The largest absolute Gasteiger partial charge is 0.329 e. The lowest BCUT2D eigenvalue weighted by Gasteiger charge is -2.31. The molecule has 0 atom stereocenters. The van der Waals surface area contributed by atoms with Crippen LogP contribution < -0.4 is 15.8 Å². The SMILES string of the molecule is CCC(CC)(CN)NS(=O)(=O)c1cc(Cl)c(NC(C)=O)cc1F.Cl. The number of nitrogens with one attached hydrogen (secondary N) is 2. The molecule has 0 aliphatic carbocycles. The smallest absolute Gasteiger partial charge is 0.244 e. The maximum Gasteiger partial charge on any atom is 0.244 e. The van der Waals surface area contributed by atoms with Gasteiger partial charge in [0.15, 0.2) is 0 Å². The lowest BCUT2D eigenvalue weighted by molar-refractivity contribution is -0.114. The normalized spacial score (nSPS) is 11.8. The van der Waals surface area contributed by atoms with Gasteiger partial charge in [0.25, 0.3) is 0 Å². The molecule has 4 N–H and O–H groups in total. The molecule has 0 aliphatic rings. The van der Waals surface area contributed by atoms with Gasteiger partial charge in [-0.15, -0.1) is 12.4 Å². The van der Waals surface area contributed by atoms with Gasteiger partial charge in [-0.25, -0.2) is 17.5 Å². The first-order chi connectivity index (χ1) is 10.6.